The van der Waals surface area contributed by atoms with Crippen molar-refractivity contribution in [1.82, 2.24) is 9.80 Å². The van der Waals surface area contributed by atoms with Crippen molar-refractivity contribution in [2.75, 3.05) is 7.05 Å². The SMILES string of the molecule is CN(Cc1ccc(C(=O)O)cc1)C1CC2CCC(C1)N2Cc1ccc(Oc2ccc(Br)cc2)cc1. The molecule has 2 heterocycles. The fraction of sp³-hybridized carbons (Fsp3) is 0.345. The molecule has 0 aromatic heterocycles. The second-order valence-electron chi connectivity index (χ2n) is 9.80. The van der Waals surface area contributed by atoms with Crippen molar-refractivity contribution >= 4 is 21.9 Å². The highest BCUT2D eigenvalue weighted by atomic mass is 79.9. The average Bonchev–Trinajstić information content (AvgIpc) is 3.08. The smallest absolute Gasteiger partial charge is 0.335 e. The number of fused-ring (bicyclic) bond motifs is 2. The Morgan fingerprint density at radius 3 is 2.03 bits per heavy atom. The van der Waals surface area contributed by atoms with E-state index in [4.69, 9.17) is 9.84 Å². The summed E-state index contributed by atoms with van der Waals surface area (Å²) in [6, 6.07) is 25.5. The fourth-order valence-corrected chi connectivity index (χ4v) is 5.81. The van der Waals surface area contributed by atoms with E-state index in [1.807, 2.05) is 36.4 Å². The van der Waals surface area contributed by atoms with E-state index in [9.17, 15) is 4.79 Å². The van der Waals surface area contributed by atoms with Crippen LogP contribution in [-0.4, -0.2) is 46.0 Å². The van der Waals surface area contributed by atoms with Gasteiger partial charge in [-0.2, -0.15) is 0 Å². The molecule has 2 saturated heterocycles. The van der Waals surface area contributed by atoms with Crippen LogP contribution < -0.4 is 4.74 Å². The zero-order valence-corrected chi connectivity index (χ0v) is 21.5. The Morgan fingerprint density at radius 1 is 0.914 bits per heavy atom. The number of hydrogen-bond donors (Lipinski definition) is 1. The summed E-state index contributed by atoms with van der Waals surface area (Å²) in [5.74, 6) is 0.819. The van der Waals surface area contributed by atoms with Gasteiger partial charge in [-0.1, -0.05) is 40.2 Å². The summed E-state index contributed by atoms with van der Waals surface area (Å²) in [4.78, 5) is 16.3. The molecule has 182 valence electrons. The van der Waals surface area contributed by atoms with Crippen molar-refractivity contribution in [3.05, 3.63) is 94.0 Å². The standard InChI is InChI=1S/C29H31BrN2O3/c1-31(18-20-2-6-22(7-3-20)29(33)34)26-16-24-10-11-25(17-26)32(24)19-21-4-12-27(13-5-21)35-28-14-8-23(30)9-15-28/h2-9,12-15,24-26H,10-11,16-19H2,1H3,(H,33,34). The van der Waals surface area contributed by atoms with Gasteiger partial charge in [0.25, 0.3) is 0 Å². The fourth-order valence-electron chi connectivity index (χ4n) is 5.55. The van der Waals surface area contributed by atoms with E-state index >= 15 is 0 Å². The number of rotatable bonds is 8. The molecular weight excluding hydrogens is 504 g/mol. The van der Waals surface area contributed by atoms with E-state index in [1.165, 1.54) is 31.2 Å². The van der Waals surface area contributed by atoms with E-state index in [2.05, 4.69) is 57.0 Å². The third-order valence-electron chi connectivity index (χ3n) is 7.45. The number of piperidine rings is 1. The summed E-state index contributed by atoms with van der Waals surface area (Å²) in [7, 11) is 2.20. The Balaban J connectivity index is 1.16. The lowest BCUT2D eigenvalue weighted by atomic mass is 9.95. The molecule has 2 bridgehead atoms. The molecule has 1 N–H and O–H groups in total. The maximum absolute atomic E-state index is 11.1. The van der Waals surface area contributed by atoms with Crippen LogP contribution in [0.3, 0.4) is 0 Å². The summed E-state index contributed by atoms with van der Waals surface area (Å²) in [5.41, 5.74) is 2.84. The quantitative estimate of drug-likeness (QED) is 0.354. The number of aromatic carboxylic acids is 1. The summed E-state index contributed by atoms with van der Waals surface area (Å²) in [6.45, 7) is 1.84. The first kappa shape index (κ1) is 24.0. The highest BCUT2D eigenvalue weighted by Crippen LogP contribution is 2.39. The summed E-state index contributed by atoms with van der Waals surface area (Å²) < 4.78 is 7.01. The van der Waals surface area contributed by atoms with Crippen molar-refractivity contribution in [2.45, 2.75) is 56.9 Å². The van der Waals surface area contributed by atoms with Gasteiger partial charge in [-0.05, 0) is 92.4 Å². The van der Waals surface area contributed by atoms with Crippen molar-refractivity contribution in [1.29, 1.82) is 0 Å². The second-order valence-corrected chi connectivity index (χ2v) is 10.7. The first-order valence-corrected chi connectivity index (χ1v) is 13.0. The number of nitrogens with zero attached hydrogens (tertiary/aromatic N) is 2. The van der Waals surface area contributed by atoms with Crippen molar-refractivity contribution in [3.63, 3.8) is 0 Å². The molecule has 0 saturated carbocycles. The molecular formula is C29H31BrN2O3. The van der Waals surface area contributed by atoms with Gasteiger partial charge in [-0.3, -0.25) is 9.80 Å². The van der Waals surface area contributed by atoms with Crippen LogP contribution in [0.4, 0.5) is 0 Å². The van der Waals surface area contributed by atoms with E-state index < -0.39 is 5.97 Å². The predicted molar refractivity (Wildman–Crippen MR) is 141 cm³/mol. The van der Waals surface area contributed by atoms with Crippen LogP contribution in [0.5, 0.6) is 11.5 Å². The Morgan fingerprint density at radius 2 is 1.46 bits per heavy atom. The maximum atomic E-state index is 11.1. The van der Waals surface area contributed by atoms with Crippen LogP contribution in [0.1, 0.15) is 47.2 Å². The van der Waals surface area contributed by atoms with E-state index in [0.717, 1.165) is 34.6 Å². The number of carbonyl (C=O) groups is 1. The monoisotopic (exact) mass is 534 g/mol. The van der Waals surface area contributed by atoms with Gasteiger partial charge in [-0.15, -0.1) is 0 Å². The van der Waals surface area contributed by atoms with Crippen LogP contribution in [0.2, 0.25) is 0 Å². The molecule has 0 aliphatic carbocycles. The van der Waals surface area contributed by atoms with Gasteiger partial charge in [0.15, 0.2) is 0 Å². The van der Waals surface area contributed by atoms with Crippen LogP contribution >= 0.6 is 15.9 Å². The topological polar surface area (TPSA) is 53.0 Å². The molecule has 3 aromatic rings. The van der Waals surface area contributed by atoms with Crippen molar-refractivity contribution in [3.8, 4) is 11.5 Å². The van der Waals surface area contributed by atoms with Gasteiger partial charge >= 0.3 is 5.97 Å². The molecule has 5 nitrogen and oxygen atoms in total. The minimum Gasteiger partial charge on any atom is -0.478 e. The molecule has 0 radical (unpaired) electrons. The van der Waals surface area contributed by atoms with Crippen LogP contribution in [-0.2, 0) is 13.1 Å². The molecule has 35 heavy (non-hydrogen) atoms. The highest BCUT2D eigenvalue weighted by molar-refractivity contribution is 9.10. The number of carboxylic acids is 1. The molecule has 2 atom stereocenters. The van der Waals surface area contributed by atoms with Gasteiger partial charge < -0.3 is 9.84 Å². The van der Waals surface area contributed by atoms with Gasteiger partial charge in [0.05, 0.1) is 5.56 Å². The molecule has 6 heteroatoms. The molecule has 5 rings (SSSR count). The Kier molecular flexibility index (Phi) is 7.23. The molecule has 3 aromatic carbocycles. The molecule has 0 amide bonds. The molecule has 2 aliphatic heterocycles. The van der Waals surface area contributed by atoms with E-state index in [0.29, 0.717) is 23.7 Å². The lowest BCUT2D eigenvalue weighted by molar-refractivity contribution is 0.0621. The lowest BCUT2D eigenvalue weighted by Crippen LogP contribution is -2.48. The largest absolute Gasteiger partial charge is 0.478 e. The average molecular weight is 535 g/mol. The molecule has 2 unspecified atom stereocenters. The number of carboxylic acid groups (broad SMARTS) is 1. The number of hydrogen-bond acceptors (Lipinski definition) is 4. The third-order valence-corrected chi connectivity index (χ3v) is 7.98. The molecule has 0 spiro atoms. The minimum atomic E-state index is -0.874. The molecule has 2 aliphatic rings. The number of halogens is 1. The zero-order valence-electron chi connectivity index (χ0n) is 19.9. The zero-order chi connectivity index (χ0) is 24.4. The normalized spacial score (nSPS) is 21.9. The minimum absolute atomic E-state index is 0.343. The van der Waals surface area contributed by atoms with Crippen LogP contribution in [0.25, 0.3) is 0 Å². The van der Waals surface area contributed by atoms with Crippen molar-refractivity contribution in [2.24, 2.45) is 0 Å². The van der Waals surface area contributed by atoms with Gasteiger partial charge in [-0.25, -0.2) is 4.79 Å². The van der Waals surface area contributed by atoms with Gasteiger partial charge in [0.2, 0.25) is 0 Å². The maximum Gasteiger partial charge on any atom is 0.335 e. The predicted octanol–water partition coefficient (Wildman–Crippen LogP) is 6.57. The Bertz CT molecular complexity index is 1130. The first-order valence-electron chi connectivity index (χ1n) is 12.2. The molecule has 2 fully saturated rings. The summed E-state index contributed by atoms with van der Waals surface area (Å²) in [5, 5.41) is 9.12. The van der Waals surface area contributed by atoms with E-state index in [1.54, 1.807) is 12.1 Å². The first-order chi connectivity index (χ1) is 16.9. The van der Waals surface area contributed by atoms with E-state index in [-0.39, 0.29) is 0 Å². The highest BCUT2D eigenvalue weighted by Gasteiger charge is 2.41. The summed E-state index contributed by atoms with van der Waals surface area (Å²) in [6.07, 6.45) is 4.91. The van der Waals surface area contributed by atoms with Crippen LogP contribution in [0.15, 0.2) is 77.3 Å². The summed E-state index contributed by atoms with van der Waals surface area (Å²) >= 11 is 3.45. The second kappa shape index (κ2) is 10.5. The van der Waals surface area contributed by atoms with Gasteiger partial charge in [0.1, 0.15) is 11.5 Å². The Labute approximate surface area is 215 Å². The Hall–Kier alpha value is -2.67. The number of ether oxygens (including phenoxy) is 1. The third kappa shape index (κ3) is 5.77. The number of benzene rings is 3. The van der Waals surface area contributed by atoms with Crippen LogP contribution in [0, 0.1) is 0 Å². The lowest BCUT2D eigenvalue weighted by Gasteiger charge is -2.42. The van der Waals surface area contributed by atoms with Gasteiger partial charge in [0, 0.05) is 35.7 Å². The van der Waals surface area contributed by atoms with Crippen molar-refractivity contribution < 1.29 is 14.6 Å².